The highest BCUT2D eigenvalue weighted by Gasteiger charge is 2.22. The van der Waals surface area contributed by atoms with Gasteiger partial charge >= 0.3 is 6.03 Å². The number of hydrogen-bond acceptors (Lipinski definition) is 3. The first-order valence-electron chi connectivity index (χ1n) is 3.55. The first kappa shape index (κ1) is 6.90. The highest BCUT2D eigenvalue weighted by Crippen LogP contribution is 2.27. The van der Waals surface area contributed by atoms with Gasteiger partial charge in [-0.25, -0.2) is 9.78 Å². The lowest BCUT2D eigenvalue weighted by molar-refractivity contribution is 0.254. The zero-order valence-corrected chi connectivity index (χ0v) is 6.32. The van der Waals surface area contributed by atoms with E-state index >= 15 is 0 Å². The molecular weight excluding hydrogens is 156 g/mol. The number of fused-ring (bicyclic) bond motifs is 1. The van der Waals surface area contributed by atoms with Crippen molar-refractivity contribution in [3.05, 3.63) is 18.3 Å². The maximum Gasteiger partial charge on any atom is 0.320 e. The van der Waals surface area contributed by atoms with Gasteiger partial charge in [-0.1, -0.05) is 0 Å². The van der Waals surface area contributed by atoms with Gasteiger partial charge in [-0.2, -0.15) is 0 Å². The van der Waals surface area contributed by atoms with Gasteiger partial charge in [-0.15, -0.1) is 0 Å². The van der Waals surface area contributed by atoms with Crippen molar-refractivity contribution in [1.82, 2.24) is 4.98 Å². The molecule has 0 aliphatic carbocycles. The number of nitrogens with two attached hydrogens (primary N) is 1. The van der Waals surface area contributed by atoms with E-state index in [0.29, 0.717) is 12.5 Å². The molecule has 0 saturated carbocycles. The van der Waals surface area contributed by atoms with E-state index in [4.69, 9.17) is 5.73 Å². The molecule has 1 aromatic heterocycles. The lowest BCUT2D eigenvalue weighted by Crippen LogP contribution is -2.35. The van der Waals surface area contributed by atoms with Crippen molar-refractivity contribution < 1.29 is 4.79 Å². The van der Waals surface area contributed by atoms with Crippen LogP contribution in [0.5, 0.6) is 0 Å². The molecule has 12 heavy (non-hydrogen) atoms. The number of hydrogen-bond donors (Lipinski definition) is 2. The van der Waals surface area contributed by atoms with E-state index in [9.17, 15) is 4.79 Å². The number of nitrogens with zero attached hydrogens (tertiary/aromatic N) is 2. The topological polar surface area (TPSA) is 71.2 Å². The second-order valence-electron chi connectivity index (χ2n) is 2.47. The van der Waals surface area contributed by atoms with E-state index in [2.05, 4.69) is 10.3 Å². The van der Waals surface area contributed by atoms with Crippen molar-refractivity contribution >= 4 is 17.5 Å². The Hall–Kier alpha value is -1.78. The van der Waals surface area contributed by atoms with Gasteiger partial charge in [0.1, 0.15) is 0 Å². The zero-order valence-electron chi connectivity index (χ0n) is 6.32. The monoisotopic (exact) mass is 164 g/mol. The number of aromatic nitrogens is 1. The molecule has 5 nitrogen and oxygen atoms in total. The number of carbonyl (C=O) groups is 1. The normalized spacial score (nSPS) is 13.8. The van der Waals surface area contributed by atoms with Crippen molar-refractivity contribution in [3.8, 4) is 0 Å². The molecule has 0 saturated heterocycles. The average molecular weight is 164 g/mol. The highest BCUT2D eigenvalue weighted by atomic mass is 16.2. The summed E-state index contributed by atoms with van der Waals surface area (Å²) in [6.45, 7) is 0.404. The summed E-state index contributed by atoms with van der Waals surface area (Å²) in [7, 11) is 0. The summed E-state index contributed by atoms with van der Waals surface area (Å²) in [5.41, 5.74) is 5.87. The third kappa shape index (κ3) is 0.868. The minimum absolute atomic E-state index is 0.404. The third-order valence-electron chi connectivity index (χ3n) is 1.75. The second kappa shape index (κ2) is 2.37. The molecule has 62 valence electrons. The van der Waals surface area contributed by atoms with Crippen molar-refractivity contribution in [2.75, 3.05) is 16.9 Å². The molecule has 5 heteroatoms. The Bertz CT molecular complexity index is 325. The lowest BCUT2D eigenvalue weighted by atomic mass is 10.4. The number of rotatable bonds is 0. The maximum atomic E-state index is 10.8. The summed E-state index contributed by atoms with van der Waals surface area (Å²) in [6.07, 6.45) is 1.66. The fourth-order valence-corrected chi connectivity index (χ4v) is 1.19. The molecule has 3 N–H and O–H groups in total. The standard InChI is InChI=1S/C7H8N4O/c8-7(12)11-4-10-6-5(11)2-1-3-9-6/h1-3H,4H2,(H2,8,12)(H,9,10). The van der Waals surface area contributed by atoms with Crippen molar-refractivity contribution in [1.29, 1.82) is 0 Å². The predicted octanol–water partition coefficient (Wildman–Crippen LogP) is 0.350. The van der Waals surface area contributed by atoms with Gasteiger partial charge in [0.15, 0.2) is 5.82 Å². The van der Waals surface area contributed by atoms with Crippen LogP contribution in [-0.2, 0) is 0 Å². The maximum absolute atomic E-state index is 10.8. The number of anilines is 2. The molecule has 0 radical (unpaired) electrons. The van der Waals surface area contributed by atoms with Gasteiger partial charge < -0.3 is 11.1 Å². The first-order valence-corrected chi connectivity index (χ1v) is 3.55. The zero-order chi connectivity index (χ0) is 8.55. The Balaban J connectivity index is 2.42. The molecule has 1 aromatic rings. The molecule has 0 unspecified atom stereocenters. The summed E-state index contributed by atoms with van der Waals surface area (Å²) in [4.78, 5) is 16.3. The summed E-state index contributed by atoms with van der Waals surface area (Å²) in [5.74, 6) is 0.705. The van der Waals surface area contributed by atoms with Gasteiger partial charge in [-0.3, -0.25) is 4.90 Å². The molecule has 0 spiro atoms. The van der Waals surface area contributed by atoms with E-state index in [1.807, 2.05) is 0 Å². The second-order valence-corrected chi connectivity index (χ2v) is 2.47. The van der Waals surface area contributed by atoms with Gasteiger partial charge in [-0.05, 0) is 12.1 Å². The van der Waals surface area contributed by atoms with Gasteiger partial charge in [0, 0.05) is 6.20 Å². The molecule has 2 rings (SSSR count). The fraction of sp³-hybridized carbons (Fsp3) is 0.143. The molecule has 2 amide bonds. The van der Waals surface area contributed by atoms with Gasteiger partial charge in [0.25, 0.3) is 0 Å². The van der Waals surface area contributed by atoms with Crippen LogP contribution in [0.15, 0.2) is 18.3 Å². The summed E-state index contributed by atoms with van der Waals surface area (Å²) in [5, 5.41) is 2.95. The first-order chi connectivity index (χ1) is 5.79. The van der Waals surface area contributed by atoms with Crippen LogP contribution < -0.4 is 16.0 Å². The lowest BCUT2D eigenvalue weighted by Gasteiger charge is -2.10. The Labute approximate surface area is 69.2 Å². The predicted molar refractivity (Wildman–Crippen MR) is 44.8 cm³/mol. The summed E-state index contributed by atoms with van der Waals surface area (Å²) in [6, 6.07) is 3.10. The minimum Gasteiger partial charge on any atom is -0.351 e. The molecule has 1 aliphatic rings. The minimum atomic E-state index is -0.464. The van der Waals surface area contributed by atoms with Crippen LogP contribution in [0.2, 0.25) is 0 Å². The van der Waals surface area contributed by atoms with E-state index in [1.165, 1.54) is 4.90 Å². The van der Waals surface area contributed by atoms with Crippen molar-refractivity contribution in [2.24, 2.45) is 5.73 Å². The fourth-order valence-electron chi connectivity index (χ4n) is 1.19. The van der Waals surface area contributed by atoms with Crippen LogP contribution >= 0.6 is 0 Å². The van der Waals surface area contributed by atoms with Gasteiger partial charge in [0.2, 0.25) is 0 Å². The van der Waals surface area contributed by atoms with Crippen LogP contribution in [0.3, 0.4) is 0 Å². The van der Waals surface area contributed by atoms with Crippen LogP contribution in [0.1, 0.15) is 0 Å². The molecule has 0 bridgehead atoms. The SMILES string of the molecule is NC(=O)N1CNc2ncccc21. The van der Waals surface area contributed by atoms with Crippen LogP contribution in [-0.4, -0.2) is 17.7 Å². The Kier molecular flexibility index (Phi) is 1.36. The number of amides is 2. The van der Waals surface area contributed by atoms with Crippen LogP contribution in [0, 0.1) is 0 Å². The number of carbonyl (C=O) groups excluding carboxylic acids is 1. The smallest absolute Gasteiger partial charge is 0.320 e. The third-order valence-corrected chi connectivity index (χ3v) is 1.75. The molecule has 0 fully saturated rings. The van der Waals surface area contributed by atoms with E-state index in [0.717, 1.165) is 5.69 Å². The van der Waals surface area contributed by atoms with Crippen LogP contribution in [0.25, 0.3) is 0 Å². The average Bonchev–Trinajstić information content (AvgIpc) is 2.47. The van der Waals surface area contributed by atoms with Gasteiger partial charge in [0.05, 0.1) is 12.4 Å². The Morgan fingerprint density at radius 3 is 3.33 bits per heavy atom. The molecule has 1 aliphatic heterocycles. The molecular formula is C7H8N4O. The highest BCUT2D eigenvalue weighted by molar-refractivity contribution is 5.96. The van der Waals surface area contributed by atoms with Crippen LogP contribution in [0.4, 0.5) is 16.3 Å². The van der Waals surface area contributed by atoms with E-state index in [-0.39, 0.29) is 0 Å². The number of nitrogens with one attached hydrogen (secondary N) is 1. The number of urea groups is 1. The quantitative estimate of drug-likeness (QED) is 0.581. The largest absolute Gasteiger partial charge is 0.351 e. The number of pyridine rings is 1. The Morgan fingerprint density at radius 2 is 2.58 bits per heavy atom. The van der Waals surface area contributed by atoms with E-state index < -0.39 is 6.03 Å². The number of primary amides is 1. The molecule has 0 atom stereocenters. The van der Waals surface area contributed by atoms with Crippen molar-refractivity contribution in [2.45, 2.75) is 0 Å². The molecule has 0 aromatic carbocycles. The van der Waals surface area contributed by atoms with Crippen molar-refractivity contribution in [3.63, 3.8) is 0 Å². The molecule has 2 heterocycles. The Morgan fingerprint density at radius 1 is 1.75 bits per heavy atom. The summed E-state index contributed by atoms with van der Waals surface area (Å²) < 4.78 is 0. The summed E-state index contributed by atoms with van der Waals surface area (Å²) >= 11 is 0. The van der Waals surface area contributed by atoms with E-state index in [1.54, 1.807) is 18.3 Å².